The molecule has 0 saturated heterocycles. The zero-order chi connectivity index (χ0) is 22.2. The number of hydrazine groups is 1. The van der Waals surface area contributed by atoms with E-state index < -0.39 is 0 Å². The number of aryl methyl sites for hydroxylation is 1. The van der Waals surface area contributed by atoms with Gasteiger partial charge in [0, 0.05) is 23.5 Å². The van der Waals surface area contributed by atoms with Crippen molar-refractivity contribution in [3.63, 3.8) is 0 Å². The number of benzene rings is 3. The van der Waals surface area contributed by atoms with E-state index in [1.54, 1.807) is 5.01 Å². The number of hydrogen-bond acceptors (Lipinski definition) is 6. The number of hydrogen-bond donors (Lipinski definition) is 3. The Morgan fingerprint density at radius 3 is 2.47 bits per heavy atom. The Kier molecular flexibility index (Phi) is 5.15. The van der Waals surface area contributed by atoms with Gasteiger partial charge in [-0.25, -0.2) is 5.84 Å². The third-order valence-electron chi connectivity index (χ3n) is 6.10. The van der Waals surface area contributed by atoms with Gasteiger partial charge in [0.25, 0.3) is 0 Å². The second-order valence-electron chi connectivity index (χ2n) is 8.45. The number of nitrogens with one attached hydrogen (secondary N) is 1. The molecule has 32 heavy (non-hydrogen) atoms. The summed E-state index contributed by atoms with van der Waals surface area (Å²) in [6, 6.07) is 21.1. The number of fused-ring (bicyclic) bond motifs is 2. The van der Waals surface area contributed by atoms with Crippen LogP contribution in [0.15, 0.2) is 66.4 Å². The normalized spacial score (nSPS) is 18.7. The first-order valence-electron chi connectivity index (χ1n) is 10.9. The highest BCUT2D eigenvalue weighted by atomic mass is 16.7. The second kappa shape index (κ2) is 8.13. The molecule has 5 rings (SSSR count). The summed E-state index contributed by atoms with van der Waals surface area (Å²) in [4.78, 5) is 0. The highest BCUT2D eigenvalue weighted by molar-refractivity contribution is 5.76. The maximum Gasteiger partial charge on any atom is 0.231 e. The van der Waals surface area contributed by atoms with Crippen LogP contribution in [0.3, 0.4) is 0 Å². The van der Waals surface area contributed by atoms with Crippen molar-refractivity contribution in [2.24, 2.45) is 11.6 Å². The van der Waals surface area contributed by atoms with Gasteiger partial charge in [-0.3, -0.25) is 0 Å². The van der Waals surface area contributed by atoms with Crippen LogP contribution < -0.4 is 26.4 Å². The van der Waals surface area contributed by atoms with E-state index in [1.165, 1.54) is 11.1 Å². The predicted octanol–water partition coefficient (Wildman–Crippen LogP) is 4.77. The molecule has 0 aromatic heterocycles. The standard InChI is InChI=1S/C26H28N4O2/c1-16-3-7-20(8-4-16)29-23-11-12-30(28)26(17(2)27)21-9-5-18(13-22(21)23)19-6-10-24-25(14-19)32-15-31-24/h3-10,13-14,23,29H,11-12,15,27-28H2,1-2H3/b26-17-. The maximum absolute atomic E-state index is 6.42. The summed E-state index contributed by atoms with van der Waals surface area (Å²) in [7, 11) is 0. The van der Waals surface area contributed by atoms with Crippen molar-refractivity contribution < 1.29 is 9.47 Å². The van der Waals surface area contributed by atoms with Gasteiger partial charge in [0.1, 0.15) is 0 Å². The van der Waals surface area contributed by atoms with Gasteiger partial charge in [0.15, 0.2) is 11.5 Å². The molecule has 3 aromatic carbocycles. The van der Waals surface area contributed by atoms with Gasteiger partial charge in [-0.15, -0.1) is 0 Å². The van der Waals surface area contributed by atoms with Crippen molar-refractivity contribution in [2.45, 2.75) is 26.3 Å². The first-order chi connectivity index (χ1) is 15.5. The quantitative estimate of drug-likeness (QED) is 0.521. The van der Waals surface area contributed by atoms with Crippen LogP contribution in [0.5, 0.6) is 11.5 Å². The number of ether oxygens (including phenoxy) is 2. The van der Waals surface area contributed by atoms with E-state index in [9.17, 15) is 0 Å². The van der Waals surface area contributed by atoms with Crippen LogP contribution in [0.4, 0.5) is 5.69 Å². The molecule has 6 heteroatoms. The summed E-state index contributed by atoms with van der Waals surface area (Å²) >= 11 is 0. The fraction of sp³-hybridized carbons (Fsp3) is 0.231. The summed E-state index contributed by atoms with van der Waals surface area (Å²) in [6.07, 6.45) is 0.846. The minimum Gasteiger partial charge on any atom is -0.454 e. The van der Waals surface area contributed by atoms with Gasteiger partial charge in [0.2, 0.25) is 6.79 Å². The fourth-order valence-corrected chi connectivity index (χ4v) is 4.45. The molecule has 2 heterocycles. The number of nitrogens with two attached hydrogens (primary N) is 2. The van der Waals surface area contributed by atoms with E-state index in [0.717, 1.165) is 46.0 Å². The molecule has 0 amide bonds. The lowest BCUT2D eigenvalue weighted by Gasteiger charge is -2.22. The first kappa shape index (κ1) is 20.3. The monoisotopic (exact) mass is 428 g/mol. The van der Waals surface area contributed by atoms with E-state index in [-0.39, 0.29) is 12.8 Å². The molecule has 6 nitrogen and oxygen atoms in total. The largest absolute Gasteiger partial charge is 0.454 e. The SMILES string of the molecule is C/C(N)=C1\c2ccc(-c3ccc4c(c3)OCO4)cc2C(Nc2ccc(C)cc2)CCN1N. The Bertz CT molecular complexity index is 1180. The molecule has 0 fully saturated rings. The van der Waals surface area contributed by atoms with Crippen LogP contribution in [0.25, 0.3) is 16.8 Å². The molecule has 0 saturated carbocycles. The highest BCUT2D eigenvalue weighted by Crippen LogP contribution is 2.40. The van der Waals surface area contributed by atoms with E-state index >= 15 is 0 Å². The fourth-order valence-electron chi connectivity index (χ4n) is 4.45. The maximum atomic E-state index is 6.42. The van der Waals surface area contributed by atoms with Gasteiger partial charge < -0.3 is 25.5 Å². The summed E-state index contributed by atoms with van der Waals surface area (Å²) in [5, 5.41) is 5.48. The Morgan fingerprint density at radius 1 is 0.969 bits per heavy atom. The molecule has 0 radical (unpaired) electrons. The molecule has 5 N–H and O–H groups in total. The first-order valence-corrected chi connectivity index (χ1v) is 10.9. The number of allylic oxidation sites excluding steroid dienone is 1. The third-order valence-corrected chi connectivity index (χ3v) is 6.10. The Balaban J connectivity index is 1.60. The second-order valence-corrected chi connectivity index (χ2v) is 8.45. The summed E-state index contributed by atoms with van der Waals surface area (Å²) in [5.74, 6) is 7.98. The van der Waals surface area contributed by atoms with E-state index in [2.05, 4.69) is 60.8 Å². The van der Waals surface area contributed by atoms with Gasteiger partial charge in [0.05, 0.1) is 11.7 Å². The van der Waals surface area contributed by atoms with Gasteiger partial charge in [-0.2, -0.15) is 0 Å². The lowest BCUT2D eigenvalue weighted by atomic mass is 9.92. The van der Waals surface area contributed by atoms with Gasteiger partial charge in [-0.1, -0.05) is 35.9 Å². The molecule has 2 aliphatic rings. The smallest absolute Gasteiger partial charge is 0.231 e. The average molecular weight is 429 g/mol. The van der Waals surface area contributed by atoms with Crippen molar-refractivity contribution in [2.75, 3.05) is 18.7 Å². The Hall–Kier alpha value is -3.64. The van der Waals surface area contributed by atoms with Crippen molar-refractivity contribution in [3.05, 3.63) is 83.1 Å². The molecule has 0 spiro atoms. The lowest BCUT2D eigenvalue weighted by Crippen LogP contribution is -2.31. The molecule has 164 valence electrons. The van der Waals surface area contributed by atoms with Crippen LogP contribution in [0.2, 0.25) is 0 Å². The minimum absolute atomic E-state index is 0.0876. The highest BCUT2D eigenvalue weighted by Gasteiger charge is 2.26. The van der Waals surface area contributed by atoms with Crippen LogP contribution in [0.1, 0.15) is 36.1 Å². The Labute approximate surface area is 188 Å². The van der Waals surface area contributed by atoms with Gasteiger partial charge >= 0.3 is 0 Å². The third kappa shape index (κ3) is 3.74. The number of anilines is 1. The predicted molar refractivity (Wildman–Crippen MR) is 128 cm³/mol. The molecule has 1 unspecified atom stereocenters. The van der Waals surface area contributed by atoms with Crippen LogP contribution in [-0.4, -0.2) is 18.3 Å². The van der Waals surface area contributed by atoms with Crippen LogP contribution in [0, 0.1) is 6.92 Å². The van der Waals surface area contributed by atoms with Gasteiger partial charge in [-0.05, 0) is 67.3 Å². The average Bonchev–Trinajstić information content (AvgIpc) is 3.21. The molecule has 3 aromatic rings. The summed E-state index contributed by atoms with van der Waals surface area (Å²) in [6.45, 7) is 4.96. The molecule has 0 aliphatic carbocycles. The molecular formula is C26H28N4O2. The van der Waals surface area contributed by atoms with E-state index in [0.29, 0.717) is 12.2 Å². The van der Waals surface area contributed by atoms with Crippen molar-refractivity contribution in [1.82, 2.24) is 5.01 Å². The molecule has 2 aliphatic heterocycles. The van der Waals surface area contributed by atoms with Crippen LogP contribution >= 0.6 is 0 Å². The van der Waals surface area contributed by atoms with E-state index in [1.807, 2.05) is 19.1 Å². The topological polar surface area (TPSA) is 85.8 Å². The summed E-state index contributed by atoms with van der Waals surface area (Å²) in [5.41, 5.74) is 14.6. The lowest BCUT2D eigenvalue weighted by molar-refractivity contribution is 0.174. The Morgan fingerprint density at radius 2 is 1.69 bits per heavy atom. The van der Waals surface area contributed by atoms with Crippen molar-refractivity contribution in [3.8, 4) is 22.6 Å². The van der Waals surface area contributed by atoms with Crippen molar-refractivity contribution >= 4 is 11.4 Å². The summed E-state index contributed by atoms with van der Waals surface area (Å²) < 4.78 is 11.1. The van der Waals surface area contributed by atoms with Crippen molar-refractivity contribution in [1.29, 1.82) is 0 Å². The van der Waals surface area contributed by atoms with E-state index in [4.69, 9.17) is 21.1 Å². The number of nitrogens with zero attached hydrogens (tertiary/aromatic N) is 1. The zero-order valence-electron chi connectivity index (χ0n) is 18.4. The molecule has 0 bridgehead atoms. The minimum atomic E-state index is 0.0876. The molecular weight excluding hydrogens is 400 g/mol. The number of rotatable bonds is 3. The molecule has 1 atom stereocenters. The zero-order valence-corrected chi connectivity index (χ0v) is 18.4. The van der Waals surface area contributed by atoms with Crippen LogP contribution in [-0.2, 0) is 0 Å².